The van der Waals surface area contributed by atoms with Crippen molar-refractivity contribution in [2.24, 2.45) is 47.3 Å². The van der Waals surface area contributed by atoms with Crippen LogP contribution < -0.4 is 4.74 Å². The summed E-state index contributed by atoms with van der Waals surface area (Å²) >= 11 is 0. The lowest BCUT2D eigenvalue weighted by Crippen LogP contribution is -2.42. The Morgan fingerprint density at radius 2 is 1.28 bits per heavy atom. The van der Waals surface area contributed by atoms with E-state index in [1.54, 1.807) is 16.7 Å². The van der Waals surface area contributed by atoms with Crippen LogP contribution in [0.5, 0.6) is 5.75 Å². The van der Waals surface area contributed by atoms with E-state index in [2.05, 4.69) is 96.9 Å². The second kappa shape index (κ2) is 20.5. The van der Waals surface area contributed by atoms with Gasteiger partial charge in [-0.3, -0.25) is 0 Å². The number of rotatable bonds is 11. The first-order valence-electron chi connectivity index (χ1n) is 23.6. The minimum absolute atomic E-state index is 0.129. The maximum atomic E-state index is 14.4. The summed E-state index contributed by atoms with van der Waals surface area (Å²) in [6.45, 7) is 28.0. The number of benzene rings is 2. The molecule has 2 aromatic rings. The van der Waals surface area contributed by atoms with Crippen LogP contribution >= 0.6 is 0 Å². The second-order valence-electron chi connectivity index (χ2n) is 19.8. The van der Waals surface area contributed by atoms with Gasteiger partial charge in [-0.15, -0.1) is 6.58 Å². The summed E-state index contributed by atoms with van der Waals surface area (Å²) in [5.74, 6) is -4.80. The lowest BCUT2D eigenvalue weighted by Gasteiger charge is -2.53. The number of hydrogen-bond donors (Lipinski definition) is 0. The quantitative estimate of drug-likeness (QED) is 0.0718. The largest absolute Gasteiger partial charge is 0.432 e. The Morgan fingerprint density at radius 1 is 0.719 bits per heavy atom. The van der Waals surface area contributed by atoms with Crippen LogP contribution in [-0.4, -0.2) is 0 Å². The van der Waals surface area contributed by atoms with Crippen molar-refractivity contribution in [3.05, 3.63) is 146 Å². The molecule has 0 heterocycles. The first-order valence-corrected chi connectivity index (χ1v) is 23.6. The Morgan fingerprint density at radius 3 is 1.81 bits per heavy atom. The molecule has 346 valence electrons. The normalized spacial score (nSPS) is 25.4. The zero-order valence-corrected chi connectivity index (χ0v) is 39.1. The first kappa shape index (κ1) is 49.2. The van der Waals surface area contributed by atoms with Crippen molar-refractivity contribution < 1.29 is 35.5 Å². The molecule has 64 heavy (non-hydrogen) atoms. The Bertz CT molecular complexity index is 2260. The van der Waals surface area contributed by atoms with Gasteiger partial charge >= 0.3 is 6.11 Å². The molecule has 8 heteroatoms. The monoisotopic (exact) mass is 889 g/mol. The fourth-order valence-corrected chi connectivity index (χ4v) is 11.7. The number of allylic oxidation sites excluding steroid dienone is 10. The van der Waals surface area contributed by atoms with E-state index in [0.717, 1.165) is 62.5 Å². The van der Waals surface area contributed by atoms with E-state index in [4.69, 9.17) is 0 Å². The van der Waals surface area contributed by atoms with Crippen molar-refractivity contribution in [1.82, 2.24) is 0 Å². The van der Waals surface area contributed by atoms with Crippen LogP contribution in [0.1, 0.15) is 149 Å². The Labute approximate surface area is 377 Å². The Hall–Kier alpha value is -4.25. The first-order chi connectivity index (χ1) is 30.2. The van der Waals surface area contributed by atoms with Crippen LogP contribution in [0.4, 0.5) is 30.7 Å². The van der Waals surface area contributed by atoms with Crippen molar-refractivity contribution in [3.63, 3.8) is 0 Å². The zero-order chi connectivity index (χ0) is 46.8. The Kier molecular flexibility index (Phi) is 15.8. The molecule has 7 rings (SSSR count). The van der Waals surface area contributed by atoms with Gasteiger partial charge in [0.15, 0.2) is 17.5 Å². The van der Waals surface area contributed by atoms with Crippen LogP contribution in [0.15, 0.2) is 106 Å². The van der Waals surface area contributed by atoms with E-state index < -0.39 is 46.5 Å². The van der Waals surface area contributed by atoms with E-state index in [9.17, 15) is 30.7 Å². The van der Waals surface area contributed by atoms with Gasteiger partial charge in [0.25, 0.3) is 0 Å². The molecule has 2 aromatic carbocycles. The number of hydrogen-bond acceptors (Lipinski definition) is 1. The van der Waals surface area contributed by atoms with E-state index in [1.807, 2.05) is 5.57 Å². The van der Waals surface area contributed by atoms with Gasteiger partial charge in [-0.2, -0.15) is 8.78 Å². The fourth-order valence-electron chi connectivity index (χ4n) is 11.7. The minimum Gasteiger partial charge on any atom is -0.429 e. The van der Waals surface area contributed by atoms with Crippen molar-refractivity contribution in [3.8, 4) is 5.75 Å². The van der Waals surface area contributed by atoms with Crippen LogP contribution in [-0.2, 0) is 6.11 Å². The summed E-state index contributed by atoms with van der Waals surface area (Å²) in [4.78, 5) is 0. The molecule has 0 aliphatic heterocycles. The summed E-state index contributed by atoms with van der Waals surface area (Å²) in [6, 6.07) is 2.03. The molecule has 0 amide bonds. The SMILES string of the molecule is C=C(C)CCC(=C)C(C)C1=C2C(C)C(C)C3=C(C(C)C)C(C)CCC3C2CCC1C1=C=C=C(C)C=C1.Fc1cc(OC(F)(F)c2c(F)cc(C3CCCCCC3)cc2F)cc(F)c1F. The highest BCUT2D eigenvalue weighted by atomic mass is 19.3. The smallest absolute Gasteiger partial charge is 0.429 e. The van der Waals surface area contributed by atoms with Gasteiger partial charge in [-0.25, -0.2) is 22.0 Å². The molecule has 5 aliphatic rings. The maximum absolute atomic E-state index is 14.4. The molecule has 7 unspecified atom stereocenters. The van der Waals surface area contributed by atoms with Crippen molar-refractivity contribution in [2.75, 3.05) is 0 Å². The van der Waals surface area contributed by atoms with Gasteiger partial charge in [0.1, 0.15) is 22.9 Å². The molecular weight excluding hydrogens is 822 g/mol. The lowest BCUT2D eigenvalue weighted by molar-refractivity contribution is -0.189. The van der Waals surface area contributed by atoms with Gasteiger partial charge in [-0.05, 0) is 148 Å². The van der Waals surface area contributed by atoms with E-state index in [-0.39, 0.29) is 23.6 Å². The highest BCUT2D eigenvalue weighted by molar-refractivity contribution is 5.46. The Balaban J connectivity index is 0.000000219. The predicted molar refractivity (Wildman–Crippen MR) is 244 cm³/mol. The van der Waals surface area contributed by atoms with E-state index in [0.29, 0.717) is 48.3 Å². The third kappa shape index (κ3) is 10.6. The molecule has 0 bridgehead atoms. The topological polar surface area (TPSA) is 9.23 Å². The van der Waals surface area contributed by atoms with Crippen LogP contribution in [0.25, 0.3) is 0 Å². The van der Waals surface area contributed by atoms with E-state index >= 15 is 0 Å². The van der Waals surface area contributed by atoms with Crippen LogP contribution in [0, 0.1) is 76.4 Å². The van der Waals surface area contributed by atoms with Gasteiger partial charge in [0.2, 0.25) is 0 Å². The van der Waals surface area contributed by atoms with Crippen molar-refractivity contribution >= 4 is 0 Å². The van der Waals surface area contributed by atoms with E-state index in [1.165, 1.54) is 48.0 Å². The average Bonchev–Trinajstić information content (AvgIpc) is 3.53. The average molecular weight is 889 g/mol. The van der Waals surface area contributed by atoms with Gasteiger partial charge in [0.05, 0.1) is 0 Å². The molecule has 5 aliphatic carbocycles. The third-order valence-corrected chi connectivity index (χ3v) is 15.0. The number of alkyl halides is 2. The fraction of sp³-hybridized carbons (Fsp3) is 0.536. The standard InChI is InChI=1S/C36H50.C20H17F7O/c1-21(2)11-14-24(6)26(8)34-30(29-16-12-23(5)13-17-29)19-20-32-31-18-15-25(7)33(22(3)4)35(31)27(9)28(10)36(32)34;21-14-7-12(11-5-3-1-2-4-6-11)8-15(22)18(14)20(26,27)28-13-9-16(23)19(25)17(24)10-13/h12,16,22,25-28,30-32H,1,6,11,14-15,18-20H2,2-5,7-10H3;7-11H,1-6H2. The number of halogens is 7. The third-order valence-electron chi connectivity index (χ3n) is 15.0. The molecule has 7 atom stereocenters. The summed E-state index contributed by atoms with van der Waals surface area (Å²) in [7, 11) is 0. The van der Waals surface area contributed by atoms with Gasteiger partial charge < -0.3 is 4.74 Å². The highest BCUT2D eigenvalue weighted by Crippen LogP contribution is 2.59. The van der Waals surface area contributed by atoms with Gasteiger partial charge in [0, 0.05) is 23.6 Å². The minimum atomic E-state index is -4.56. The summed E-state index contributed by atoms with van der Waals surface area (Å²) in [6.07, 6.45) is 12.5. The molecule has 0 saturated heterocycles. The molecule has 1 nitrogen and oxygen atoms in total. The molecular formula is C56H67F7O. The van der Waals surface area contributed by atoms with Crippen LogP contribution in [0.3, 0.4) is 0 Å². The molecule has 0 radical (unpaired) electrons. The second-order valence-corrected chi connectivity index (χ2v) is 19.8. The summed E-state index contributed by atoms with van der Waals surface area (Å²) in [5, 5.41) is 0. The van der Waals surface area contributed by atoms with Gasteiger partial charge in [-0.1, -0.05) is 119 Å². The number of fused-ring (bicyclic) bond motifs is 3. The highest BCUT2D eigenvalue weighted by Gasteiger charge is 2.49. The summed E-state index contributed by atoms with van der Waals surface area (Å²) < 4.78 is 101. The maximum Gasteiger partial charge on any atom is 0.432 e. The molecule has 2 saturated carbocycles. The van der Waals surface area contributed by atoms with Crippen LogP contribution in [0.2, 0.25) is 0 Å². The predicted octanol–water partition coefficient (Wildman–Crippen LogP) is 17.3. The van der Waals surface area contributed by atoms with Crippen molar-refractivity contribution in [1.29, 1.82) is 0 Å². The summed E-state index contributed by atoms with van der Waals surface area (Å²) in [5.41, 5.74) is 17.9. The molecule has 0 aromatic heterocycles. The molecule has 0 N–H and O–H groups in total. The number of ether oxygens (including phenoxy) is 1. The lowest BCUT2D eigenvalue weighted by atomic mass is 9.52. The van der Waals surface area contributed by atoms with Crippen molar-refractivity contribution in [2.45, 2.75) is 144 Å². The zero-order valence-electron chi connectivity index (χ0n) is 39.1. The molecule has 2 fully saturated rings. The molecule has 0 spiro atoms.